The van der Waals surface area contributed by atoms with Gasteiger partial charge in [0.2, 0.25) is 0 Å². The molecular weight excluding hydrogens is 386 g/mol. The minimum atomic E-state index is -0.0500. The monoisotopic (exact) mass is 409 g/mol. The zero-order chi connectivity index (χ0) is 19.8. The first kappa shape index (κ1) is 18.9. The van der Waals surface area contributed by atoms with Crippen LogP contribution in [-0.4, -0.2) is 14.5 Å². The van der Waals surface area contributed by atoms with Gasteiger partial charge in [0.25, 0.3) is 5.56 Å². The second-order valence-corrected chi connectivity index (χ2v) is 9.57. The second kappa shape index (κ2) is 7.53. The molecule has 28 heavy (non-hydrogen) atoms. The van der Waals surface area contributed by atoms with E-state index in [2.05, 4.69) is 54.4 Å². The Morgan fingerprint density at radius 3 is 2.71 bits per heavy atom. The van der Waals surface area contributed by atoms with Gasteiger partial charge in [0, 0.05) is 24.0 Å². The highest BCUT2D eigenvalue weighted by atomic mass is 32.1. The molecule has 0 aliphatic carbocycles. The number of aromatic nitrogens is 3. The highest BCUT2D eigenvalue weighted by molar-refractivity contribution is 7.19. The Kier molecular flexibility index (Phi) is 5.08. The lowest BCUT2D eigenvalue weighted by molar-refractivity contribution is 0.509. The summed E-state index contributed by atoms with van der Waals surface area (Å²) in [5.74, 6) is 0.581. The average molecular weight is 410 g/mol. The molecule has 0 radical (unpaired) electrons. The van der Waals surface area contributed by atoms with Crippen molar-refractivity contribution in [2.45, 2.75) is 34.2 Å². The molecule has 0 unspecified atom stereocenters. The van der Waals surface area contributed by atoms with Crippen LogP contribution in [0.5, 0.6) is 0 Å². The summed E-state index contributed by atoms with van der Waals surface area (Å²) in [4.78, 5) is 20.1. The Balaban J connectivity index is 1.75. The first-order valence-electron chi connectivity index (χ1n) is 9.35. The molecule has 4 nitrogen and oxygen atoms in total. The summed E-state index contributed by atoms with van der Waals surface area (Å²) in [6, 6.07) is 10.2. The van der Waals surface area contributed by atoms with Gasteiger partial charge in [-0.1, -0.05) is 26.0 Å². The van der Waals surface area contributed by atoms with E-state index in [0.29, 0.717) is 5.92 Å². The molecule has 0 amide bonds. The predicted octanol–water partition coefficient (Wildman–Crippen LogP) is 3.78. The maximum absolute atomic E-state index is 12.5. The quantitative estimate of drug-likeness (QED) is 0.558. The fraction of sp³-hybridized carbons (Fsp3) is 0.273. The van der Waals surface area contributed by atoms with Crippen molar-refractivity contribution in [2.24, 2.45) is 5.92 Å². The van der Waals surface area contributed by atoms with Crippen LogP contribution in [0.3, 0.4) is 0 Å². The third-order valence-electron chi connectivity index (χ3n) is 4.69. The Hall–Kier alpha value is -2.44. The zero-order valence-electron chi connectivity index (χ0n) is 16.4. The van der Waals surface area contributed by atoms with Gasteiger partial charge < -0.3 is 9.55 Å². The van der Waals surface area contributed by atoms with Crippen molar-refractivity contribution < 1.29 is 0 Å². The number of para-hydroxylation sites is 1. The molecule has 0 spiro atoms. The van der Waals surface area contributed by atoms with Crippen LogP contribution in [-0.2, 0) is 6.54 Å². The summed E-state index contributed by atoms with van der Waals surface area (Å²) in [7, 11) is 0. The standard InChI is InChI=1S/C22H23N3OS2/c1-13(2)12-25-14(3)9-16(15(25)4)10-19-22(26)24-21(28-19)11-20-23-17-7-5-6-8-18(17)27-20/h5-11,13H,12H2,1-4H3,(H,24,26)/b19-10-,21-11+. The van der Waals surface area contributed by atoms with Crippen LogP contribution >= 0.6 is 22.7 Å². The van der Waals surface area contributed by atoms with Crippen molar-refractivity contribution in [3.8, 4) is 0 Å². The van der Waals surface area contributed by atoms with E-state index in [1.165, 1.54) is 22.7 Å². The third kappa shape index (κ3) is 3.75. The van der Waals surface area contributed by atoms with Gasteiger partial charge in [-0.25, -0.2) is 4.98 Å². The van der Waals surface area contributed by atoms with E-state index < -0.39 is 0 Å². The highest BCUT2D eigenvalue weighted by Gasteiger charge is 2.09. The van der Waals surface area contributed by atoms with Crippen molar-refractivity contribution in [3.63, 3.8) is 0 Å². The Bertz CT molecular complexity index is 1280. The lowest BCUT2D eigenvalue weighted by Crippen LogP contribution is -2.19. The molecule has 0 saturated heterocycles. The molecule has 0 aliphatic heterocycles. The predicted molar refractivity (Wildman–Crippen MR) is 120 cm³/mol. The van der Waals surface area contributed by atoms with Crippen LogP contribution < -0.4 is 14.8 Å². The number of thiazole rings is 2. The topological polar surface area (TPSA) is 50.7 Å². The first-order valence-corrected chi connectivity index (χ1v) is 11.0. The highest BCUT2D eigenvalue weighted by Crippen LogP contribution is 2.21. The molecule has 3 heterocycles. The van der Waals surface area contributed by atoms with Crippen LogP contribution in [0.1, 0.15) is 35.8 Å². The largest absolute Gasteiger partial charge is 0.348 e. The number of benzene rings is 1. The molecule has 144 valence electrons. The Morgan fingerprint density at radius 2 is 1.96 bits per heavy atom. The fourth-order valence-electron chi connectivity index (χ4n) is 3.35. The van der Waals surface area contributed by atoms with Crippen LogP contribution in [0.15, 0.2) is 35.1 Å². The van der Waals surface area contributed by atoms with E-state index in [4.69, 9.17) is 0 Å². The van der Waals surface area contributed by atoms with Crippen molar-refractivity contribution in [3.05, 3.63) is 71.8 Å². The molecule has 1 N–H and O–H groups in total. The molecule has 4 aromatic rings. The molecule has 6 heteroatoms. The van der Waals surface area contributed by atoms with E-state index in [0.717, 1.165) is 36.5 Å². The van der Waals surface area contributed by atoms with Gasteiger partial charge in [-0.15, -0.1) is 22.7 Å². The Morgan fingerprint density at radius 1 is 1.18 bits per heavy atom. The van der Waals surface area contributed by atoms with Crippen LogP contribution in [0, 0.1) is 19.8 Å². The summed E-state index contributed by atoms with van der Waals surface area (Å²) in [6.07, 6.45) is 3.95. The molecule has 0 bridgehead atoms. The van der Waals surface area contributed by atoms with Crippen molar-refractivity contribution in [1.82, 2.24) is 14.5 Å². The van der Waals surface area contributed by atoms with E-state index in [1.54, 1.807) is 11.3 Å². The average Bonchev–Trinajstić information content (AvgIpc) is 3.27. The minimum absolute atomic E-state index is 0.0500. The fourth-order valence-corrected chi connectivity index (χ4v) is 5.22. The Labute approximate surface area is 171 Å². The summed E-state index contributed by atoms with van der Waals surface area (Å²) in [6.45, 7) is 9.67. The third-order valence-corrected chi connectivity index (χ3v) is 6.64. The summed E-state index contributed by atoms with van der Waals surface area (Å²) >= 11 is 3.10. The lowest BCUT2D eigenvalue weighted by Gasteiger charge is -2.11. The number of nitrogens with zero attached hydrogens (tertiary/aromatic N) is 2. The molecule has 0 fully saturated rings. The molecular formula is C22H23N3OS2. The number of fused-ring (bicyclic) bond motifs is 1. The van der Waals surface area contributed by atoms with Crippen molar-refractivity contribution in [2.75, 3.05) is 0 Å². The molecule has 4 rings (SSSR count). The smallest absolute Gasteiger partial charge is 0.266 e. The van der Waals surface area contributed by atoms with E-state index in [9.17, 15) is 4.79 Å². The van der Waals surface area contributed by atoms with Gasteiger partial charge in [-0.05, 0) is 49.6 Å². The van der Waals surface area contributed by atoms with E-state index in [1.807, 2.05) is 30.4 Å². The van der Waals surface area contributed by atoms with Crippen LogP contribution in [0.2, 0.25) is 0 Å². The normalized spacial score (nSPS) is 13.3. The number of hydrogen-bond acceptors (Lipinski definition) is 4. The maximum atomic E-state index is 12.5. The molecule has 0 aliphatic rings. The van der Waals surface area contributed by atoms with Gasteiger partial charge in [0.05, 0.1) is 19.4 Å². The number of hydrogen-bond donors (Lipinski definition) is 1. The maximum Gasteiger partial charge on any atom is 0.266 e. The summed E-state index contributed by atoms with van der Waals surface area (Å²) in [5.41, 5.74) is 4.48. The molecule has 1 aromatic carbocycles. The van der Waals surface area contributed by atoms with Crippen LogP contribution in [0.25, 0.3) is 22.4 Å². The number of H-pyrrole nitrogens is 1. The minimum Gasteiger partial charge on any atom is -0.348 e. The number of nitrogens with one attached hydrogen (secondary N) is 1. The molecule has 0 atom stereocenters. The first-order chi connectivity index (χ1) is 13.4. The van der Waals surface area contributed by atoms with Crippen molar-refractivity contribution in [1.29, 1.82) is 0 Å². The lowest BCUT2D eigenvalue weighted by atomic mass is 10.2. The summed E-state index contributed by atoms with van der Waals surface area (Å²) in [5, 5.41) is 0.903. The number of rotatable bonds is 4. The molecule has 3 aromatic heterocycles. The van der Waals surface area contributed by atoms with Gasteiger partial charge in [0.1, 0.15) is 5.01 Å². The van der Waals surface area contributed by atoms with Crippen molar-refractivity contribution >= 4 is 45.0 Å². The van der Waals surface area contributed by atoms with Crippen LogP contribution in [0.4, 0.5) is 0 Å². The van der Waals surface area contributed by atoms with Gasteiger partial charge in [0.15, 0.2) is 0 Å². The van der Waals surface area contributed by atoms with Gasteiger partial charge >= 0.3 is 0 Å². The molecule has 0 saturated carbocycles. The zero-order valence-corrected chi connectivity index (χ0v) is 18.1. The number of aryl methyl sites for hydroxylation is 1. The number of aromatic amines is 1. The SMILES string of the molecule is Cc1cc(/C=c2\s/c(=C/c3nc4ccccc4s3)[nH]c2=O)c(C)n1CC(C)C. The van der Waals surface area contributed by atoms with Gasteiger partial charge in [-0.3, -0.25) is 4.79 Å². The van der Waals surface area contributed by atoms with E-state index >= 15 is 0 Å². The van der Waals surface area contributed by atoms with E-state index in [-0.39, 0.29) is 5.56 Å². The van der Waals surface area contributed by atoms with Gasteiger partial charge in [-0.2, -0.15) is 0 Å². The second-order valence-electron chi connectivity index (χ2n) is 7.42. The summed E-state index contributed by atoms with van der Waals surface area (Å²) < 4.78 is 5.02.